The molecule has 9 nitrogen and oxygen atoms in total. The van der Waals surface area contributed by atoms with Crippen LogP contribution in [0.1, 0.15) is 28.2 Å². The van der Waals surface area contributed by atoms with E-state index in [9.17, 15) is 31.2 Å². The van der Waals surface area contributed by atoms with Gasteiger partial charge in [0.2, 0.25) is 10.0 Å². The fourth-order valence-electron chi connectivity index (χ4n) is 3.86. The number of furan rings is 1. The van der Waals surface area contributed by atoms with Gasteiger partial charge < -0.3 is 9.73 Å². The molecular weight excluding hydrogens is 680 g/mol. The third kappa shape index (κ3) is 8.86. The van der Waals surface area contributed by atoms with Crippen LogP contribution < -0.4 is 10.7 Å². The fourth-order valence-corrected chi connectivity index (χ4v) is 5.94. The average molecular weight is 702 g/mol. The lowest BCUT2D eigenvalue weighted by Crippen LogP contribution is -2.32. The first-order valence-electron chi connectivity index (χ1n) is 12.7. The molecule has 45 heavy (non-hydrogen) atoms. The van der Waals surface area contributed by atoms with Crippen molar-refractivity contribution >= 4 is 68.5 Å². The number of carbonyl (C=O) groups excluding carboxylic acids is 2. The Hall–Kier alpha value is -3.88. The summed E-state index contributed by atoms with van der Waals surface area (Å²) in [4.78, 5) is 24.3. The molecule has 0 atom stereocenters. The molecule has 2 amide bonds. The second kappa shape index (κ2) is 14.0. The Kier molecular flexibility index (Phi) is 10.6. The first-order chi connectivity index (χ1) is 21.1. The number of alkyl halides is 3. The molecule has 0 saturated carbocycles. The van der Waals surface area contributed by atoms with E-state index in [1.807, 2.05) is 17.7 Å². The average Bonchev–Trinajstić information content (AvgIpc) is 3.41. The Morgan fingerprint density at radius 3 is 2.29 bits per heavy atom. The molecule has 4 rings (SSSR count). The molecule has 1 heterocycles. The topological polar surface area (TPSA) is 121 Å². The number of aryl methyl sites for hydroxylation is 1. The van der Waals surface area contributed by atoms with Gasteiger partial charge in [-0.15, -0.1) is 0 Å². The van der Waals surface area contributed by atoms with Crippen LogP contribution >= 0.6 is 34.8 Å². The summed E-state index contributed by atoms with van der Waals surface area (Å²) in [5.74, 6) is -2.27. The van der Waals surface area contributed by atoms with Crippen molar-refractivity contribution in [2.75, 3.05) is 5.32 Å². The van der Waals surface area contributed by atoms with E-state index in [-0.39, 0.29) is 40.2 Å². The normalized spacial score (nSPS) is 12.1. The van der Waals surface area contributed by atoms with Gasteiger partial charge in [0.05, 0.1) is 28.2 Å². The summed E-state index contributed by atoms with van der Waals surface area (Å²) in [6.07, 6.45) is -3.72. The number of benzene rings is 3. The number of nitrogens with zero attached hydrogens (tertiary/aromatic N) is 2. The van der Waals surface area contributed by atoms with Crippen LogP contribution in [0, 0.1) is 6.92 Å². The molecule has 3 aromatic carbocycles. The molecule has 1 aromatic heterocycles. The summed E-state index contributed by atoms with van der Waals surface area (Å²) >= 11 is 17.9. The molecule has 0 aliphatic heterocycles. The summed E-state index contributed by atoms with van der Waals surface area (Å²) < 4.78 is 73.2. The highest BCUT2D eigenvalue weighted by atomic mass is 35.5. The quantitative estimate of drug-likeness (QED) is 0.110. The van der Waals surface area contributed by atoms with E-state index in [0.29, 0.717) is 16.7 Å². The van der Waals surface area contributed by atoms with Gasteiger partial charge in [0.1, 0.15) is 11.5 Å². The Labute approximate surface area is 270 Å². The summed E-state index contributed by atoms with van der Waals surface area (Å²) in [6.45, 7) is 1.51. The Bertz CT molecular complexity index is 1860. The van der Waals surface area contributed by atoms with E-state index >= 15 is 0 Å². The molecule has 0 fully saturated rings. The maximum Gasteiger partial charge on any atom is 0.417 e. The predicted molar refractivity (Wildman–Crippen MR) is 164 cm³/mol. The fraction of sp³-hybridized carbons (Fsp3) is 0.138. The number of anilines is 1. The highest BCUT2D eigenvalue weighted by Crippen LogP contribution is 2.36. The van der Waals surface area contributed by atoms with Gasteiger partial charge in [-0.3, -0.25) is 9.59 Å². The maximum atomic E-state index is 13.6. The number of halogens is 6. The third-order valence-corrected chi connectivity index (χ3v) is 8.85. The number of hydrogen-bond acceptors (Lipinski definition) is 6. The molecule has 0 aliphatic carbocycles. The van der Waals surface area contributed by atoms with Crippen LogP contribution in [0.25, 0.3) is 0 Å². The van der Waals surface area contributed by atoms with Crippen molar-refractivity contribution in [3.63, 3.8) is 0 Å². The van der Waals surface area contributed by atoms with Gasteiger partial charge in [0, 0.05) is 22.3 Å². The van der Waals surface area contributed by atoms with Gasteiger partial charge in [-0.05, 0) is 67.1 Å². The number of rotatable bonds is 9. The first-order valence-corrected chi connectivity index (χ1v) is 15.3. The minimum Gasteiger partial charge on any atom is -0.459 e. The number of amides is 2. The largest absolute Gasteiger partial charge is 0.459 e. The van der Waals surface area contributed by atoms with Gasteiger partial charge in [0.25, 0.3) is 0 Å². The molecule has 0 unspecified atom stereocenters. The number of hydrazone groups is 1. The summed E-state index contributed by atoms with van der Waals surface area (Å²) in [7, 11) is -4.03. The molecule has 0 aliphatic rings. The number of nitrogens with one attached hydrogen (secondary N) is 2. The monoisotopic (exact) mass is 700 g/mol. The van der Waals surface area contributed by atoms with E-state index in [0.717, 1.165) is 23.9 Å². The van der Waals surface area contributed by atoms with Crippen LogP contribution in [-0.4, -0.2) is 30.8 Å². The van der Waals surface area contributed by atoms with E-state index in [4.69, 9.17) is 39.2 Å². The standard InChI is InChI=1S/C29H22Cl3F3N4O5S/c1-17-2-9-23(10-3-17)45(42,43)39(15-18-4-5-19(30)12-26(18)32)16-22-8-7-21(44-22)14-36-38-28(41)27(40)37-20-6-11-25(31)24(13-20)29(33,34)35/h2-14H,15-16H2,1H3,(H,37,40)(H,38,41)/b36-14+. The van der Waals surface area contributed by atoms with E-state index in [1.165, 1.54) is 34.6 Å². The van der Waals surface area contributed by atoms with Crippen molar-refractivity contribution in [1.29, 1.82) is 0 Å². The van der Waals surface area contributed by atoms with Gasteiger partial charge in [-0.25, -0.2) is 13.8 Å². The van der Waals surface area contributed by atoms with Gasteiger partial charge >= 0.3 is 18.0 Å². The molecule has 236 valence electrons. The lowest BCUT2D eigenvalue weighted by atomic mass is 10.2. The minimum atomic E-state index is -4.77. The van der Waals surface area contributed by atoms with Crippen molar-refractivity contribution in [2.45, 2.75) is 31.1 Å². The highest BCUT2D eigenvalue weighted by molar-refractivity contribution is 7.89. The van der Waals surface area contributed by atoms with Crippen LogP contribution in [0.15, 0.2) is 87.2 Å². The highest BCUT2D eigenvalue weighted by Gasteiger charge is 2.33. The van der Waals surface area contributed by atoms with Gasteiger partial charge in [-0.1, -0.05) is 58.6 Å². The Morgan fingerprint density at radius 2 is 1.62 bits per heavy atom. The summed E-state index contributed by atoms with van der Waals surface area (Å²) in [6, 6.07) is 16.6. The zero-order chi connectivity index (χ0) is 32.9. The van der Waals surface area contributed by atoms with Crippen LogP contribution in [0.3, 0.4) is 0 Å². The van der Waals surface area contributed by atoms with Crippen LogP contribution in [0.5, 0.6) is 0 Å². The van der Waals surface area contributed by atoms with Crippen LogP contribution in [0.2, 0.25) is 15.1 Å². The second-order valence-electron chi connectivity index (χ2n) is 9.47. The van der Waals surface area contributed by atoms with Crippen molar-refractivity contribution < 1.29 is 35.6 Å². The third-order valence-electron chi connectivity index (χ3n) is 6.13. The Morgan fingerprint density at radius 1 is 0.911 bits per heavy atom. The zero-order valence-corrected chi connectivity index (χ0v) is 26.1. The van der Waals surface area contributed by atoms with E-state index < -0.39 is 38.6 Å². The Balaban J connectivity index is 1.45. The smallest absolute Gasteiger partial charge is 0.417 e. The minimum absolute atomic E-state index is 0.0562. The lowest BCUT2D eigenvalue weighted by molar-refractivity contribution is -0.137. The van der Waals surface area contributed by atoms with Crippen molar-refractivity contribution in [1.82, 2.24) is 9.73 Å². The zero-order valence-electron chi connectivity index (χ0n) is 23.0. The van der Waals surface area contributed by atoms with Gasteiger partial charge in [0.15, 0.2) is 0 Å². The number of sulfonamides is 1. The molecule has 2 N–H and O–H groups in total. The molecule has 4 aromatic rings. The van der Waals surface area contributed by atoms with Crippen LogP contribution in [0.4, 0.5) is 18.9 Å². The molecule has 0 spiro atoms. The van der Waals surface area contributed by atoms with Crippen molar-refractivity contribution in [3.8, 4) is 0 Å². The number of carbonyl (C=O) groups is 2. The molecule has 16 heteroatoms. The molecule has 0 saturated heterocycles. The maximum absolute atomic E-state index is 13.6. The second-order valence-corrected chi connectivity index (χ2v) is 12.7. The summed E-state index contributed by atoms with van der Waals surface area (Å²) in [5.41, 5.74) is 1.81. The first kappa shape index (κ1) is 34.0. The van der Waals surface area contributed by atoms with Gasteiger partial charge in [-0.2, -0.15) is 22.6 Å². The van der Waals surface area contributed by atoms with Crippen molar-refractivity contribution in [2.24, 2.45) is 5.10 Å². The number of hydrogen-bond donors (Lipinski definition) is 2. The van der Waals surface area contributed by atoms with Crippen LogP contribution in [-0.2, 0) is 38.9 Å². The molecular formula is C29H22Cl3F3N4O5S. The summed E-state index contributed by atoms with van der Waals surface area (Å²) in [5, 5.41) is 5.73. The SMILES string of the molecule is Cc1ccc(S(=O)(=O)N(Cc2ccc(/C=N/NC(=O)C(=O)Nc3ccc(Cl)c(C(F)(F)F)c3)o2)Cc2ccc(Cl)cc2Cl)cc1. The molecule has 0 bridgehead atoms. The van der Waals surface area contributed by atoms with E-state index in [1.54, 1.807) is 24.3 Å². The van der Waals surface area contributed by atoms with E-state index in [2.05, 4.69) is 5.10 Å². The predicted octanol–water partition coefficient (Wildman–Crippen LogP) is 7.05. The molecule has 0 radical (unpaired) electrons. The van der Waals surface area contributed by atoms with Crippen molar-refractivity contribution in [3.05, 3.63) is 116 Å². The lowest BCUT2D eigenvalue weighted by Gasteiger charge is -2.22.